The Balaban J connectivity index is 1.70. The van der Waals surface area contributed by atoms with Crippen molar-refractivity contribution >= 4 is 25.7 Å². The van der Waals surface area contributed by atoms with Crippen molar-refractivity contribution < 1.29 is 117 Å². The summed E-state index contributed by atoms with van der Waals surface area (Å²) in [6.07, 6.45) is 17.1. The predicted octanol–water partition coefficient (Wildman–Crippen LogP) is 12.8. The number of aliphatic hydroxyl groups excluding tert-OH is 10. The van der Waals surface area contributed by atoms with Gasteiger partial charge in [-0.15, -0.1) is 0 Å². The van der Waals surface area contributed by atoms with E-state index >= 15 is 0 Å². The highest BCUT2D eigenvalue weighted by Crippen LogP contribution is 2.49. The van der Waals surface area contributed by atoms with Gasteiger partial charge in [0.25, 0.3) is 0 Å². The van der Waals surface area contributed by atoms with Crippen molar-refractivity contribution in [1.29, 1.82) is 0 Å². The van der Waals surface area contributed by atoms with Gasteiger partial charge in [-0.25, -0.2) is 4.57 Å². The van der Waals surface area contributed by atoms with E-state index in [1.165, 1.54) is 180 Å². The minimum absolute atomic E-state index is 0.0337. The Morgan fingerprint density at radius 1 is 0.369 bits per heavy atom. The van der Waals surface area contributed by atoms with Gasteiger partial charge in [-0.05, 0) is 25.2 Å². The molecule has 2 heterocycles. The topological polar surface area (TPSA) is 374 Å². The molecule has 2 saturated heterocycles. The Morgan fingerprint density at radius 3 is 1.05 bits per heavy atom. The molecule has 0 radical (unpaired) electrons. The number of carbonyl (C=O) groups is 3. The van der Waals surface area contributed by atoms with E-state index in [4.69, 9.17) is 42.2 Å². The molecule has 0 aromatic rings. The Labute approximate surface area is 619 Å². The molecule has 3 fully saturated rings. The van der Waals surface area contributed by atoms with E-state index in [0.29, 0.717) is 25.2 Å². The SMILES string of the molecule is CCCCCCCCCCCCCCCCCCC(=O)OCC1OC(OC2C(O)C(O)C(O)C(OC3OC(CO)C(O)C(O)C3O)C2OP(=O)(O)OCC(COC(=O)CCCCCCCCC(C)CCCCCCCC)OC(=O)CCCCCCCCCCCCCCCCCC)C(O)C(O)C1O. The molecular formula is C78H147O24P. The van der Waals surface area contributed by atoms with Gasteiger partial charge in [-0.1, -0.05) is 304 Å². The fraction of sp³-hybridized carbons (Fsp3) is 0.962. The molecule has 11 N–H and O–H groups in total. The zero-order valence-electron chi connectivity index (χ0n) is 64.0. The lowest BCUT2D eigenvalue weighted by Crippen LogP contribution is -2.69. The Bertz CT molecular complexity index is 2130. The number of phosphoric ester groups is 1. The molecule has 0 aromatic heterocycles. The fourth-order valence-corrected chi connectivity index (χ4v) is 15.0. The first-order valence-electron chi connectivity index (χ1n) is 41.2. The summed E-state index contributed by atoms with van der Waals surface area (Å²) in [5.74, 6) is -1.27. The maximum atomic E-state index is 14.4. The quantitative estimate of drug-likeness (QED) is 0.0117. The zero-order valence-corrected chi connectivity index (χ0v) is 64.9. The average molecular weight is 1500 g/mol. The second-order valence-electron chi connectivity index (χ2n) is 30.1. The van der Waals surface area contributed by atoms with Crippen LogP contribution in [-0.2, 0) is 61.2 Å². The first-order chi connectivity index (χ1) is 49.7. The van der Waals surface area contributed by atoms with Crippen LogP contribution in [0.2, 0.25) is 0 Å². The van der Waals surface area contributed by atoms with Crippen LogP contribution in [-0.4, -0.2) is 204 Å². The molecular weight excluding hydrogens is 1350 g/mol. The largest absolute Gasteiger partial charge is 0.472 e. The monoisotopic (exact) mass is 1500 g/mol. The first-order valence-corrected chi connectivity index (χ1v) is 42.7. The number of phosphoric acid groups is 1. The molecule has 0 amide bonds. The molecule has 0 spiro atoms. The molecule has 24 nitrogen and oxygen atoms in total. The summed E-state index contributed by atoms with van der Waals surface area (Å²) in [5.41, 5.74) is 0. The Morgan fingerprint density at radius 2 is 0.680 bits per heavy atom. The van der Waals surface area contributed by atoms with Crippen LogP contribution in [0.4, 0.5) is 0 Å². The predicted molar refractivity (Wildman–Crippen MR) is 393 cm³/mol. The fourth-order valence-electron chi connectivity index (χ4n) is 14.0. The minimum Gasteiger partial charge on any atom is -0.463 e. The lowest BCUT2D eigenvalue weighted by atomic mass is 9.84. The third-order valence-corrected chi connectivity index (χ3v) is 21.8. The smallest absolute Gasteiger partial charge is 0.463 e. The molecule has 0 bridgehead atoms. The van der Waals surface area contributed by atoms with Gasteiger partial charge in [-0.3, -0.25) is 23.4 Å². The number of ether oxygens (including phenoxy) is 7. The maximum Gasteiger partial charge on any atom is 0.472 e. The van der Waals surface area contributed by atoms with Gasteiger partial charge in [0, 0.05) is 19.3 Å². The number of unbranched alkanes of at least 4 members (excludes halogenated alkanes) is 40. The highest BCUT2D eigenvalue weighted by Gasteiger charge is 2.58. The van der Waals surface area contributed by atoms with Gasteiger partial charge < -0.3 is 89.1 Å². The van der Waals surface area contributed by atoms with Gasteiger partial charge >= 0.3 is 25.7 Å². The van der Waals surface area contributed by atoms with Crippen molar-refractivity contribution in [2.75, 3.05) is 26.4 Å². The standard InChI is InChI=1S/C78H147O24P/c1-5-8-11-14-17-19-21-23-25-27-29-31-33-35-41-47-52-63(81)95-57-61-66(84)68(86)73(91)78(99-61)101-75-71(89)69(87)70(88)74(100-77-72(90)67(85)65(83)60(54-79)98-77)76(75)102-103(92,93)96-56-59(97-64(82)53-48-43-36-34-32-30-28-26-24-22-20-18-15-12-9-6-2)55-94-62(80)51-46-42-38-37-40-45-50-58(4)49-44-39-16-13-10-7-3/h58-61,65-79,83-91H,5-57H2,1-4H3,(H,92,93). The lowest BCUT2D eigenvalue weighted by Gasteiger charge is -2.49. The molecule has 1 saturated carbocycles. The van der Waals surface area contributed by atoms with Gasteiger partial charge in [-0.2, -0.15) is 0 Å². The number of hydrogen-bond donors (Lipinski definition) is 11. The van der Waals surface area contributed by atoms with E-state index in [2.05, 4.69) is 27.7 Å². The number of aliphatic hydroxyl groups is 10. The van der Waals surface area contributed by atoms with Crippen molar-refractivity contribution in [3.05, 3.63) is 0 Å². The van der Waals surface area contributed by atoms with E-state index in [0.717, 1.165) is 96.3 Å². The second-order valence-corrected chi connectivity index (χ2v) is 31.5. The van der Waals surface area contributed by atoms with Gasteiger partial charge in [0.1, 0.15) is 98.7 Å². The van der Waals surface area contributed by atoms with E-state index < -0.39 is 156 Å². The summed E-state index contributed by atoms with van der Waals surface area (Å²) in [5, 5.41) is 110. The third-order valence-electron chi connectivity index (χ3n) is 20.8. The summed E-state index contributed by atoms with van der Waals surface area (Å²) in [4.78, 5) is 51.2. The number of hydrogen-bond acceptors (Lipinski definition) is 23. The lowest BCUT2D eigenvalue weighted by molar-refractivity contribution is -0.360. The molecule has 2 aliphatic heterocycles. The Hall–Kier alpha value is -2.04. The minimum atomic E-state index is -5.70. The molecule has 608 valence electrons. The molecule has 3 rings (SSSR count). The summed E-state index contributed by atoms with van der Waals surface area (Å²) in [7, 11) is -5.70. The van der Waals surface area contributed by atoms with Gasteiger partial charge in [0.05, 0.1) is 13.2 Å². The van der Waals surface area contributed by atoms with Gasteiger partial charge in [0.15, 0.2) is 18.7 Å². The second kappa shape index (κ2) is 58.9. The third kappa shape index (κ3) is 41.5. The highest BCUT2D eigenvalue weighted by atomic mass is 31.2. The number of esters is 3. The highest BCUT2D eigenvalue weighted by molar-refractivity contribution is 7.47. The van der Waals surface area contributed by atoms with E-state index in [9.17, 15) is 74.9 Å². The van der Waals surface area contributed by atoms with Crippen LogP contribution in [0.5, 0.6) is 0 Å². The molecule has 1 aliphatic carbocycles. The first kappa shape index (κ1) is 95.2. The summed E-state index contributed by atoms with van der Waals surface area (Å²) in [6, 6.07) is 0. The summed E-state index contributed by atoms with van der Waals surface area (Å²) < 4.78 is 65.3. The van der Waals surface area contributed by atoms with Gasteiger partial charge in [0.2, 0.25) is 0 Å². The summed E-state index contributed by atoms with van der Waals surface area (Å²) in [6.45, 7) is 5.84. The van der Waals surface area contributed by atoms with Crippen LogP contribution in [0.15, 0.2) is 0 Å². The number of carbonyl (C=O) groups excluding carboxylic acids is 3. The average Bonchev–Trinajstić information content (AvgIpc) is 0.762. The van der Waals surface area contributed by atoms with Crippen molar-refractivity contribution in [3.8, 4) is 0 Å². The van der Waals surface area contributed by atoms with Crippen LogP contribution >= 0.6 is 7.82 Å². The summed E-state index contributed by atoms with van der Waals surface area (Å²) >= 11 is 0. The zero-order chi connectivity index (χ0) is 75.5. The number of rotatable bonds is 65. The molecule has 3 aliphatic rings. The normalized spacial score (nSPS) is 27.1. The van der Waals surface area contributed by atoms with Crippen molar-refractivity contribution in [3.63, 3.8) is 0 Å². The molecule has 0 aromatic carbocycles. The molecule has 25 heteroatoms. The molecule has 19 atom stereocenters. The van der Waals surface area contributed by atoms with Crippen molar-refractivity contribution in [1.82, 2.24) is 0 Å². The van der Waals surface area contributed by atoms with E-state index in [1.54, 1.807) is 0 Å². The van der Waals surface area contributed by atoms with Crippen LogP contribution in [0.3, 0.4) is 0 Å². The Kier molecular flexibility index (Phi) is 54.4. The maximum absolute atomic E-state index is 14.4. The molecule has 103 heavy (non-hydrogen) atoms. The van der Waals surface area contributed by atoms with Crippen LogP contribution in [0, 0.1) is 5.92 Å². The molecule has 19 unspecified atom stereocenters. The van der Waals surface area contributed by atoms with E-state index in [1.807, 2.05) is 0 Å². The van der Waals surface area contributed by atoms with Crippen LogP contribution < -0.4 is 0 Å². The van der Waals surface area contributed by atoms with Crippen LogP contribution in [0.1, 0.15) is 342 Å². The van der Waals surface area contributed by atoms with Crippen LogP contribution in [0.25, 0.3) is 0 Å². The van der Waals surface area contributed by atoms with Crippen molar-refractivity contribution in [2.45, 2.75) is 446 Å². The van der Waals surface area contributed by atoms with E-state index in [-0.39, 0.29) is 19.3 Å². The van der Waals surface area contributed by atoms with Crippen molar-refractivity contribution in [2.24, 2.45) is 5.92 Å².